The van der Waals surface area contributed by atoms with Gasteiger partial charge in [-0.15, -0.1) is 0 Å². The smallest absolute Gasteiger partial charge is 0.0993 e. The van der Waals surface area contributed by atoms with Crippen LogP contribution in [0.15, 0.2) is 24.4 Å². The largest absolute Gasteiger partial charge is 0.260 e. The molecule has 0 N–H and O–H groups in total. The fraction of sp³-hybridized carbons (Fsp3) is 0.538. The number of rotatable bonds is 1. The first-order valence-electron chi connectivity index (χ1n) is 5.60. The van der Waals surface area contributed by atoms with Gasteiger partial charge < -0.3 is 0 Å². The summed E-state index contributed by atoms with van der Waals surface area (Å²) in [4.78, 5) is 4.35. The fourth-order valence-electron chi connectivity index (χ4n) is 2.33. The number of aromatic nitrogens is 1. The Hall–Kier alpha value is -1.36. The van der Waals surface area contributed by atoms with E-state index in [0.717, 1.165) is 37.3 Å². The van der Waals surface area contributed by atoms with Crippen LogP contribution in [-0.2, 0) is 5.41 Å². The molecule has 15 heavy (non-hydrogen) atoms. The SMILES string of the molecule is CC1CCC(C#N)(c2ccccn2)CC1. The second-order valence-corrected chi connectivity index (χ2v) is 4.59. The highest BCUT2D eigenvalue weighted by molar-refractivity contribution is 5.26. The summed E-state index contributed by atoms with van der Waals surface area (Å²) in [6, 6.07) is 8.35. The molecule has 2 rings (SSSR count). The molecule has 1 aromatic rings. The van der Waals surface area contributed by atoms with Crippen LogP contribution >= 0.6 is 0 Å². The summed E-state index contributed by atoms with van der Waals surface area (Å²) in [5.74, 6) is 0.759. The summed E-state index contributed by atoms with van der Waals surface area (Å²) in [7, 11) is 0. The molecular formula is C13H16N2. The van der Waals surface area contributed by atoms with Gasteiger partial charge in [-0.2, -0.15) is 5.26 Å². The van der Waals surface area contributed by atoms with Crippen LogP contribution < -0.4 is 0 Å². The van der Waals surface area contributed by atoms with E-state index in [4.69, 9.17) is 0 Å². The van der Waals surface area contributed by atoms with Gasteiger partial charge in [0.1, 0.15) is 0 Å². The molecule has 0 radical (unpaired) electrons. The van der Waals surface area contributed by atoms with Crippen LogP contribution in [0.25, 0.3) is 0 Å². The van der Waals surface area contributed by atoms with Crippen molar-refractivity contribution in [1.82, 2.24) is 4.98 Å². The first-order chi connectivity index (χ1) is 7.27. The molecule has 2 nitrogen and oxygen atoms in total. The predicted molar refractivity (Wildman–Crippen MR) is 59.2 cm³/mol. The molecule has 0 bridgehead atoms. The Morgan fingerprint density at radius 3 is 2.67 bits per heavy atom. The van der Waals surface area contributed by atoms with Crippen LogP contribution in [0.2, 0.25) is 0 Å². The predicted octanol–water partition coefficient (Wildman–Crippen LogP) is 3.05. The standard InChI is InChI=1S/C13H16N2/c1-11-5-7-13(10-14,8-6-11)12-4-2-3-9-15-12/h2-4,9,11H,5-8H2,1H3. The fourth-order valence-corrected chi connectivity index (χ4v) is 2.33. The maximum Gasteiger partial charge on any atom is 0.0993 e. The summed E-state index contributed by atoms with van der Waals surface area (Å²) in [5, 5.41) is 9.39. The van der Waals surface area contributed by atoms with Crippen molar-refractivity contribution < 1.29 is 0 Å². The molecule has 1 saturated carbocycles. The van der Waals surface area contributed by atoms with Crippen molar-refractivity contribution in [2.75, 3.05) is 0 Å². The minimum Gasteiger partial charge on any atom is -0.260 e. The topological polar surface area (TPSA) is 36.7 Å². The zero-order valence-corrected chi connectivity index (χ0v) is 9.11. The van der Waals surface area contributed by atoms with E-state index in [1.807, 2.05) is 18.2 Å². The van der Waals surface area contributed by atoms with E-state index in [1.165, 1.54) is 0 Å². The Labute approximate surface area is 91.0 Å². The van der Waals surface area contributed by atoms with E-state index in [0.29, 0.717) is 0 Å². The molecule has 0 unspecified atom stereocenters. The quantitative estimate of drug-likeness (QED) is 0.698. The summed E-state index contributed by atoms with van der Waals surface area (Å²) in [5.41, 5.74) is 0.646. The Kier molecular flexibility index (Phi) is 2.73. The number of nitrogens with zero attached hydrogens (tertiary/aromatic N) is 2. The van der Waals surface area contributed by atoms with Crippen molar-refractivity contribution in [1.29, 1.82) is 5.26 Å². The number of hydrogen-bond donors (Lipinski definition) is 0. The third-order valence-corrected chi connectivity index (χ3v) is 3.50. The molecule has 0 atom stereocenters. The van der Waals surface area contributed by atoms with Crippen molar-refractivity contribution >= 4 is 0 Å². The lowest BCUT2D eigenvalue weighted by molar-refractivity contribution is 0.290. The molecule has 0 aromatic carbocycles. The van der Waals surface area contributed by atoms with Crippen LogP contribution in [0, 0.1) is 17.2 Å². The summed E-state index contributed by atoms with van der Waals surface area (Å²) in [6.07, 6.45) is 5.99. The average molecular weight is 200 g/mol. The maximum absolute atomic E-state index is 9.39. The molecular weight excluding hydrogens is 184 g/mol. The highest BCUT2D eigenvalue weighted by Crippen LogP contribution is 2.39. The minimum absolute atomic E-state index is 0.312. The molecule has 0 spiro atoms. The van der Waals surface area contributed by atoms with Gasteiger partial charge in [0.05, 0.1) is 17.2 Å². The maximum atomic E-state index is 9.39. The summed E-state index contributed by atoms with van der Waals surface area (Å²) in [6.45, 7) is 2.26. The Morgan fingerprint density at radius 1 is 1.40 bits per heavy atom. The first kappa shape index (κ1) is 10.2. The highest BCUT2D eigenvalue weighted by Gasteiger charge is 2.36. The molecule has 1 fully saturated rings. The van der Waals surface area contributed by atoms with Gasteiger partial charge in [-0.25, -0.2) is 0 Å². The molecule has 1 aliphatic carbocycles. The van der Waals surface area contributed by atoms with Crippen molar-refractivity contribution in [3.05, 3.63) is 30.1 Å². The van der Waals surface area contributed by atoms with Gasteiger partial charge in [-0.1, -0.05) is 13.0 Å². The molecule has 1 heterocycles. The van der Waals surface area contributed by atoms with Gasteiger partial charge >= 0.3 is 0 Å². The van der Waals surface area contributed by atoms with Crippen molar-refractivity contribution in [2.24, 2.45) is 5.92 Å². The number of nitriles is 1. The van der Waals surface area contributed by atoms with Crippen molar-refractivity contribution in [3.8, 4) is 6.07 Å². The van der Waals surface area contributed by atoms with E-state index < -0.39 is 0 Å². The molecule has 1 aromatic heterocycles. The Balaban J connectivity index is 2.28. The van der Waals surface area contributed by atoms with Gasteiger partial charge in [0.25, 0.3) is 0 Å². The lowest BCUT2D eigenvalue weighted by Gasteiger charge is -2.33. The lowest BCUT2D eigenvalue weighted by Crippen LogP contribution is -2.30. The van der Waals surface area contributed by atoms with Crippen LogP contribution in [0.4, 0.5) is 0 Å². The van der Waals surface area contributed by atoms with Crippen LogP contribution in [0.5, 0.6) is 0 Å². The molecule has 78 valence electrons. The van der Waals surface area contributed by atoms with Gasteiger partial charge in [-0.3, -0.25) is 4.98 Å². The van der Waals surface area contributed by atoms with Gasteiger partial charge in [0.15, 0.2) is 0 Å². The first-order valence-corrected chi connectivity index (χ1v) is 5.60. The number of pyridine rings is 1. The van der Waals surface area contributed by atoms with Crippen molar-refractivity contribution in [3.63, 3.8) is 0 Å². The zero-order chi connectivity index (χ0) is 10.7. The molecule has 0 amide bonds. The van der Waals surface area contributed by atoms with Gasteiger partial charge in [-0.05, 0) is 43.7 Å². The summed E-state index contributed by atoms with van der Waals surface area (Å²) >= 11 is 0. The van der Waals surface area contributed by atoms with Gasteiger partial charge in [0, 0.05) is 6.20 Å². The van der Waals surface area contributed by atoms with Crippen LogP contribution in [-0.4, -0.2) is 4.98 Å². The van der Waals surface area contributed by atoms with E-state index in [9.17, 15) is 5.26 Å². The van der Waals surface area contributed by atoms with Gasteiger partial charge in [0.2, 0.25) is 0 Å². The second kappa shape index (κ2) is 4.02. The molecule has 1 aliphatic rings. The lowest BCUT2D eigenvalue weighted by atomic mass is 9.70. The Morgan fingerprint density at radius 2 is 2.13 bits per heavy atom. The normalized spacial score (nSPS) is 30.8. The highest BCUT2D eigenvalue weighted by atomic mass is 14.7. The van der Waals surface area contributed by atoms with E-state index in [2.05, 4.69) is 18.0 Å². The van der Waals surface area contributed by atoms with Crippen molar-refractivity contribution in [2.45, 2.75) is 38.0 Å². The van der Waals surface area contributed by atoms with E-state index >= 15 is 0 Å². The third kappa shape index (κ3) is 1.87. The average Bonchev–Trinajstić information content (AvgIpc) is 2.32. The zero-order valence-electron chi connectivity index (χ0n) is 9.11. The number of hydrogen-bond acceptors (Lipinski definition) is 2. The van der Waals surface area contributed by atoms with E-state index in [-0.39, 0.29) is 5.41 Å². The summed E-state index contributed by atoms with van der Waals surface area (Å²) < 4.78 is 0. The minimum atomic E-state index is -0.312. The van der Waals surface area contributed by atoms with Crippen LogP contribution in [0.1, 0.15) is 38.3 Å². The Bertz CT molecular complexity index is 356. The second-order valence-electron chi connectivity index (χ2n) is 4.59. The monoisotopic (exact) mass is 200 g/mol. The molecule has 0 saturated heterocycles. The molecule has 2 heteroatoms. The molecule has 0 aliphatic heterocycles. The van der Waals surface area contributed by atoms with Crippen LogP contribution in [0.3, 0.4) is 0 Å². The third-order valence-electron chi connectivity index (χ3n) is 3.50. The van der Waals surface area contributed by atoms with E-state index in [1.54, 1.807) is 6.20 Å².